The van der Waals surface area contributed by atoms with Gasteiger partial charge >= 0.3 is 0 Å². The summed E-state index contributed by atoms with van der Waals surface area (Å²) in [6, 6.07) is 59.1. The minimum atomic E-state index is -0.154. The van der Waals surface area contributed by atoms with Gasteiger partial charge in [-0.25, -0.2) is 0 Å². The zero-order valence-electron chi connectivity index (χ0n) is 30.3. The van der Waals surface area contributed by atoms with E-state index in [-0.39, 0.29) is 5.41 Å². The number of anilines is 4. The Kier molecular flexibility index (Phi) is 7.53. The Hall–Kier alpha value is -6.42. The summed E-state index contributed by atoms with van der Waals surface area (Å²) in [5.41, 5.74) is 16.3. The first-order valence-corrected chi connectivity index (χ1v) is 19.3. The standard InChI is InChI=1S/C51H38N2S/c1-33-29-43-39-21-10-12-23-44(39)51(2,3)45(43)32-53(38-19-8-5-9-20-38)47-28-25-35(31-42(33)47)34-15-14-16-36(30-34)49-46(52-37-17-6-4-7-18-37)27-26-41-40-22-11-13-24-48(40)54-50(41)49/h4-32,52H,1H2,2-3H3/b43-29-,45-32+. The molecule has 0 saturated heterocycles. The van der Waals surface area contributed by atoms with Crippen LogP contribution in [0.25, 0.3) is 53.6 Å². The molecular weight excluding hydrogens is 673 g/mol. The van der Waals surface area contributed by atoms with Gasteiger partial charge < -0.3 is 10.2 Å². The van der Waals surface area contributed by atoms with Gasteiger partial charge in [-0.3, -0.25) is 0 Å². The maximum absolute atomic E-state index is 4.74. The summed E-state index contributed by atoms with van der Waals surface area (Å²) in [6.45, 7) is 9.41. The normalized spacial score (nSPS) is 16.4. The SMILES string of the molecule is C=C1/C=C2\C(=C/N(c3ccccc3)c3ccc(-c4cccc(-c5c(Nc6ccccc6)ccc6c5sc5ccccc56)c4)cc31)C(C)(C)c1ccccc12. The maximum Gasteiger partial charge on any atom is 0.0534 e. The van der Waals surface area contributed by atoms with Crippen LogP contribution in [0.3, 0.4) is 0 Å². The fourth-order valence-corrected chi connectivity index (χ4v) is 9.70. The first kappa shape index (κ1) is 32.2. The molecule has 7 aromatic carbocycles. The van der Waals surface area contributed by atoms with Crippen molar-refractivity contribution in [2.45, 2.75) is 19.3 Å². The Morgan fingerprint density at radius 2 is 1.33 bits per heavy atom. The van der Waals surface area contributed by atoms with E-state index in [1.807, 2.05) is 11.3 Å². The predicted molar refractivity (Wildman–Crippen MR) is 233 cm³/mol. The molecular formula is C51H38N2S. The third-order valence-electron chi connectivity index (χ3n) is 11.2. The van der Waals surface area contributed by atoms with Crippen molar-refractivity contribution in [1.29, 1.82) is 0 Å². The summed E-state index contributed by atoms with van der Waals surface area (Å²) in [4.78, 5) is 2.36. The van der Waals surface area contributed by atoms with E-state index in [1.54, 1.807) is 0 Å². The summed E-state index contributed by atoms with van der Waals surface area (Å²) >= 11 is 1.86. The third-order valence-corrected chi connectivity index (χ3v) is 12.4. The van der Waals surface area contributed by atoms with Crippen LogP contribution in [0.2, 0.25) is 0 Å². The molecule has 0 unspecified atom stereocenters. The van der Waals surface area contributed by atoms with E-state index in [2.05, 4.69) is 200 Å². The van der Waals surface area contributed by atoms with Gasteiger partial charge in [-0.1, -0.05) is 130 Å². The average molecular weight is 711 g/mol. The number of nitrogens with one attached hydrogen (secondary N) is 1. The number of fused-ring (bicyclic) bond motifs is 7. The Balaban J connectivity index is 1.14. The molecule has 0 saturated carbocycles. The molecule has 1 aromatic heterocycles. The topological polar surface area (TPSA) is 15.3 Å². The van der Waals surface area contributed by atoms with E-state index in [1.165, 1.54) is 53.6 Å². The molecule has 1 aliphatic carbocycles. The maximum atomic E-state index is 4.74. The molecule has 0 amide bonds. The molecule has 2 aliphatic rings. The van der Waals surface area contributed by atoms with Crippen molar-refractivity contribution in [1.82, 2.24) is 0 Å². The van der Waals surface area contributed by atoms with Crippen LogP contribution < -0.4 is 10.2 Å². The number of hydrogen-bond acceptors (Lipinski definition) is 3. The number of thiophene rings is 1. The number of nitrogens with zero attached hydrogens (tertiary/aromatic N) is 1. The summed E-state index contributed by atoms with van der Waals surface area (Å²) in [5.74, 6) is 0. The highest BCUT2D eigenvalue weighted by Crippen LogP contribution is 2.53. The van der Waals surface area contributed by atoms with Gasteiger partial charge in [0.1, 0.15) is 0 Å². The molecule has 0 bridgehead atoms. The van der Waals surface area contributed by atoms with E-state index < -0.39 is 0 Å². The molecule has 2 nitrogen and oxygen atoms in total. The summed E-state index contributed by atoms with van der Waals surface area (Å²) in [7, 11) is 0. The zero-order chi connectivity index (χ0) is 36.4. The monoisotopic (exact) mass is 710 g/mol. The molecule has 0 fully saturated rings. The molecule has 3 heteroatoms. The molecule has 1 N–H and O–H groups in total. The van der Waals surface area contributed by atoms with Gasteiger partial charge in [-0.15, -0.1) is 11.3 Å². The van der Waals surface area contributed by atoms with Crippen LogP contribution in [0, 0.1) is 0 Å². The van der Waals surface area contributed by atoms with Crippen LogP contribution in [-0.2, 0) is 5.41 Å². The molecule has 54 heavy (non-hydrogen) atoms. The number of hydrogen-bond donors (Lipinski definition) is 1. The van der Waals surface area contributed by atoms with Crippen LogP contribution in [0.5, 0.6) is 0 Å². The van der Waals surface area contributed by atoms with Crippen molar-refractivity contribution in [3.8, 4) is 22.3 Å². The molecule has 0 spiro atoms. The van der Waals surface area contributed by atoms with E-state index in [0.29, 0.717) is 0 Å². The highest BCUT2D eigenvalue weighted by molar-refractivity contribution is 7.26. The van der Waals surface area contributed by atoms with E-state index in [4.69, 9.17) is 6.58 Å². The van der Waals surface area contributed by atoms with Gasteiger partial charge in [-0.2, -0.15) is 0 Å². The van der Waals surface area contributed by atoms with Gasteiger partial charge in [-0.05, 0) is 105 Å². The molecule has 258 valence electrons. The highest BCUT2D eigenvalue weighted by atomic mass is 32.1. The molecule has 0 radical (unpaired) electrons. The van der Waals surface area contributed by atoms with Crippen LogP contribution >= 0.6 is 11.3 Å². The molecule has 8 aromatic rings. The van der Waals surface area contributed by atoms with E-state index >= 15 is 0 Å². The largest absolute Gasteiger partial charge is 0.355 e. The van der Waals surface area contributed by atoms with Gasteiger partial charge in [0.05, 0.1) is 5.69 Å². The fraction of sp³-hybridized carbons (Fsp3) is 0.0588. The second kappa shape index (κ2) is 12.6. The number of benzene rings is 7. The Bertz CT molecular complexity index is 2840. The second-order valence-electron chi connectivity index (χ2n) is 14.8. The number of rotatable bonds is 5. The molecule has 2 heterocycles. The Morgan fingerprint density at radius 1 is 0.611 bits per heavy atom. The van der Waals surface area contributed by atoms with Crippen LogP contribution in [0.15, 0.2) is 188 Å². The first-order valence-electron chi connectivity index (χ1n) is 18.5. The Morgan fingerprint density at radius 3 is 2.19 bits per heavy atom. The lowest BCUT2D eigenvalue weighted by Crippen LogP contribution is -2.20. The van der Waals surface area contributed by atoms with Gasteiger partial charge in [0.15, 0.2) is 0 Å². The third kappa shape index (κ3) is 5.23. The Labute approximate surface area is 320 Å². The van der Waals surface area contributed by atoms with Crippen molar-refractivity contribution in [2.24, 2.45) is 0 Å². The minimum Gasteiger partial charge on any atom is -0.355 e. The van der Waals surface area contributed by atoms with Crippen molar-refractivity contribution >= 4 is 65.4 Å². The van der Waals surface area contributed by atoms with Crippen molar-refractivity contribution in [3.05, 3.63) is 205 Å². The average Bonchev–Trinajstić information content (AvgIpc) is 3.68. The van der Waals surface area contributed by atoms with Crippen molar-refractivity contribution in [2.75, 3.05) is 10.2 Å². The second-order valence-corrected chi connectivity index (χ2v) is 15.8. The number of para-hydroxylation sites is 2. The van der Waals surface area contributed by atoms with E-state index in [0.717, 1.165) is 45.0 Å². The summed E-state index contributed by atoms with van der Waals surface area (Å²) < 4.78 is 2.58. The van der Waals surface area contributed by atoms with Crippen LogP contribution in [-0.4, -0.2) is 0 Å². The molecule has 10 rings (SSSR count). The van der Waals surface area contributed by atoms with Gasteiger partial charge in [0.2, 0.25) is 0 Å². The van der Waals surface area contributed by atoms with Crippen LogP contribution in [0.4, 0.5) is 22.7 Å². The molecule has 0 atom stereocenters. The van der Waals surface area contributed by atoms with Gasteiger partial charge in [0.25, 0.3) is 0 Å². The summed E-state index contributed by atoms with van der Waals surface area (Å²) in [6.07, 6.45) is 4.67. The highest BCUT2D eigenvalue weighted by Gasteiger charge is 2.39. The lowest BCUT2D eigenvalue weighted by atomic mass is 9.81. The predicted octanol–water partition coefficient (Wildman–Crippen LogP) is 14.6. The van der Waals surface area contributed by atoms with Crippen molar-refractivity contribution < 1.29 is 0 Å². The van der Waals surface area contributed by atoms with Gasteiger partial charge in [0, 0.05) is 60.0 Å². The van der Waals surface area contributed by atoms with E-state index in [9.17, 15) is 0 Å². The summed E-state index contributed by atoms with van der Waals surface area (Å²) in [5, 5.41) is 6.33. The van der Waals surface area contributed by atoms with Crippen LogP contribution in [0.1, 0.15) is 30.5 Å². The minimum absolute atomic E-state index is 0.154. The first-order chi connectivity index (χ1) is 26.4. The smallest absolute Gasteiger partial charge is 0.0534 e. The number of allylic oxidation sites excluding steroid dienone is 4. The fourth-order valence-electron chi connectivity index (χ4n) is 8.42. The lowest BCUT2D eigenvalue weighted by molar-refractivity contribution is 0.658. The quantitative estimate of drug-likeness (QED) is 0.191. The van der Waals surface area contributed by atoms with Crippen molar-refractivity contribution in [3.63, 3.8) is 0 Å². The molecule has 1 aliphatic heterocycles. The lowest BCUT2D eigenvalue weighted by Gasteiger charge is -2.31. The zero-order valence-corrected chi connectivity index (χ0v) is 31.1.